The Labute approximate surface area is 168 Å². The van der Waals surface area contributed by atoms with Gasteiger partial charge in [-0.15, -0.1) is 11.3 Å². The van der Waals surface area contributed by atoms with Gasteiger partial charge in [-0.25, -0.2) is 13.1 Å². The predicted molar refractivity (Wildman–Crippen MR) is 107 cm³/mol. The third-order valence-electron chi connectivity index (χ3n) is 5.42. The lowest BCUT2D eigenvalue weighted by Gasteiger charge is -2.26. The van der Waals surface area contributed by atoms with E-state index in [0.717, 1.165) is 47.4 Å². The first kappa shape index (κ1) is 18.0. The van der Waals surface area contributed by atoms with Gasteiger partial charge in [0.1, 0.15) is 0 Å². The smallest absolute Gasteiger partial charge is 0.242 e. The highest BCUT2D eigenvalue weighted by atomic mass is 32.2. The molecule has 28 heavy (non-hydrogen) atoms. The van der Waals surface area contributed by atoms with E-state index >= 15 is 0 Å². The third-order valence-corrected chi connectivity index (χ3v) is 8.19. The number of rotatable bonds is 5. The van der Waals surface area contributed by atoms with Crippen LogP contribution in [0.1, 0.15) is 59.5 Å². The maximum atomic E-state index is 13.1. The number of nitrogens with zero attached hydrogens (tertiary/aromatic N) is 2. The molecule has 0 radical (unpaired) electrons. The van der Waals surface area contributed by atoms with E-state index in [4.69, 9.17) is 4.52 Å². The van der Waals surface area contributed by atoms with Crippen LogP contribution in [0.2, 0.25) is 0 Å². The Balaban J connectivity index is 1.43. The molecule has 1 saturated carbocycles. The zero-order chi connectivity index (χ0) is 19.3. The van der Waals surface area contributed by atoms with Gasteiger partial charge < -0.3 is 4.52 Å². The highest BCUT2D eigenvalue weighted by Gasteiger charge is 2.31. The Morgan fingerprint density at radius 2 is 2.04 bits per heavy atom. The van der Waals surface area contributed by atoms with Gasteiger partial charge in [-0.05, 0) is 56.2 Å². The van der Waals surface area contributed by atoms with Crippen molar-refractivity contribution in [3.8, 4) is 10.7 Å². The summed E-state index contributed by atoms with van der Waals surface area (Å²) < 4.78 is 34.5. The molecule has 0 saturated heterocycles. The molecule has 146 valence electrons. The summed E-state index contributed by atoms with van der Waals surface area (Å²) in [7, 11) is -3.64. The fraction of sp³-hybridized carbons (Fsp3) is 0.400. The van der Waals surface area contributed by atoms with E-state index in [1.807, 2.05) is 25.1 Å². The molecular weight excluding hydrogens is 394 g/mol. The number of nitrogens with one attached hydrogen (secondary N) is 1. The van der Waals surface area contributed by atoms with Gasteiger partial charge in [0.2, 0.25) is 21.7 Å². The van der Waals surface area contributed by atoms with Crippen molar-refractivity contribution in [1.82, 2.24) is 14.9 Å². The fourth-order valence-corrected chi connectivity index (χ4v) is 6.57. The van der Waals surface area contributed by atoms with Crippen molar-refractivity contribution in [2.75, 3.05) is 0 Å². The zero-order valence-electron chi connectivity index (χ0n) is 15.5. The van der Waals surface area contributed by atoms with Crippen molar-refractivity contribution in [3.05, 3.63) is 52.2 Å². The van der Waals surface area contributed by atoms with Crippen LogP contribution in [-0.4, -0.2) is 18.6 Å². The monoisotopic (exact) mass is 415 g/mol. The second-order valence-corrected chi connectivity index (χ2v) is 10.5. The van der Waals surface area contributed by atoms with Crippen molar-refractivity contribution >= 4 is 21.4 Å². The minimum Gasteiger partial charge on any atom is -0.339 e. The van der Waals surface area contributed by atoms with E-state index in [1.165, 1.54) is 16.9 Å². The summed E-state index contributed by atoms with van der Waals surface area (Å²) in [5, 5.41) is 4.04. The molecular formula is C20H21N3O3S2. The van der Waals surface area contributed by atoms with Crippen LogP contribution in [0.4, 0.5) is 0 Å². The van der Waals surface area contributed by atoms with Gasteiger partial charge >= 0.3 is 0 Å². The van der Waals surface area contributed by atoms with Crippen LogP contribution in [0.15, 0.2) is 39.8 Å². The molecule has 0 bridgehead atoms. The van der Waals surface area contributed by atoms with Crippen molar-refractivity contribution < 1.29 is 12.9 Å². The fourth-order valence-electron chi connectivity index (χ4n) is 3.80. The van der Waals surface area contributed by atoms with Crippen molar-refractivity contribution in [2.24, 2.45) is 0 Å². The molecule has 0 aliphatic heterocycles. The second-order valence-electron chi connectivity index (χ2n) is 7.53. The second kappa shape index (κ2) is 6.79. The summed E-state index contributed by atoms with van der Waals surface area (Å²) in [5.41, 5.74) is 2.31. The molecule has 1 atom stereocenters. The summed E-state index contributed by atoms with van der Waals surface area (Å²) in [6, 6.07) is 9.55. The molecule has 2 aliphatic rings. The first-order chi connectivity index (χ1) is 13.5. The van der Waals surface area contributed by atoms with Crippen LogP contribution in [-0.2, 0) is 16.4 Å². The summed E-state index contributed by atoms with van der Waals surface area (Å²) >= 11 is 1.38. The predicted octanol–water partition coefficient (Wildman–Crippen LogP) is 4.34. The Hall–Kier alpha value is -2.03. The molecule has 3 aromatic rings. The highest BCUT2D eigenvalue weighted by Crippen LogP contribution is 2.40. The van der Waals surface area contributed by atoms with Crippen LogP contribution in [0.3, 0.4) is 0 Å². The zero-order valence-corrected chi connectivity index (χ0v) is 17.1. The Kier molecular flexibility index (Phi) is 4.37. The van der Waals surface area contributed by atoms with Crippen LogP contribution in [0.25, 0.3) is 10.7 Å². The van der Waals surface area contributed by atoms with Crippen LogP contribution in [0, 0.1) is 6.92 Å². The van der Waals surface area contributed by atoms with Gasteiger partial charge in [-0.2, -0.15) is 4.98 Å². The Bertz CT molecular complexity index is 1130. The standard InChI is InChI=1S/C20H21N3O3S2/c1-12-18(11-17(27-12)19-21-20(26-22-19)14-9-10-14)28(24,25)23-16-8-4-6-13-5-2-3-7-15(13)16/h2-3,5,7,11,14,16,23H,4,6,8-10H2,1H3/t16-/m1/s1. The van der Waals surface area contributed by atoms with Crippen molar-refractivity contribution in [1.29, 1.82) is 0 Å². The van der Waals surface area contributed by atoms with Crippen LogP contribution in [0.5, 0.6) is 0 Å². The van der Waals surface area contributed by atoms with E-state index in [-0.39, 0.29) is 6.04 Å². The molecule has 2 heterocycles. The molecule has 6 nitrogen and oxygen atoms in total. The lowest BCUT2D eigenvalue weighted by Crippen LogP contribution is -2.31. The van der Waals surface area contributed by atoms with Crippen LogP contribution >= 0.6 is 11.3 Å². The van der Waals surface area contributed by atoms with Gasteiger partial charge in [-0.1, -0.05) is 29.4 Å². The van der Waals surface area contributed by atoms with Crippen molar-refractivity contribution in [3.63, 3.8) is 0 Å². The van der Waals surface area contributed by atoms with E-state index in [1.54, 1.807) is 6.07 Å². The third kappa shape index (κ3) is 3.29. The molecule has 2 aromatic heterocycles. The quantitative estimate of drug-likeness (QED) is 0.670. The summed E-state index contributed by atoms with van der Waals surface area (Å²) in [5.74, 6) is 1.50. The van der Waals surface area contributed by atoms with E-state index in [9.17, 15) is 8.42 Å². The Morgan fingerprint density at radius 3 is 2.86 bits per heavy atom. The number of thiophene rings is 1. The number of benzene rings is 1. The average Bonchev–Trinajstić information content (AvgIpc) is 3.27. The maximum absolute atomic E-state index is 13.1. The van der Waals surface area contributed by atoms with Gasteiger partial charge in [0.15, 0.2) is 0 Å². The molecule has 5 rings (SSSR count). The number of aromatic nitrogens is 2. The number of aryl methyl sites for hydroxylation is 2. The molecule has 0 unspecified atom stereocenters. The first-order valence-electron chi connectivity index (χ1n) is 9.56. The normalized spacial score (nSPS) is 19.5. The number of sulfonamides is 1. The summed E-state index contributed by atoms with van der Waals surface area (Å²) in [4.78, 5) is 6.19. The van der Waals surface area contributed by atoms with Gasteiger partial charge in [-0.3, -0.25) is 0 Å². The summed E-state index contributed by atoms with van der Waals surface area (Å²) in [6.07, 6.45) is 4.94. The molecule has 1 N–H and O–H groups in total. The lowest BCUT2D eigenvalue weighted by atomic mass is 9.88. The molecule has 8 heteroatoms. The Morgan fingerprint density at radius 1 is 1.21 bits per heavy atom. The number of hydrogen-bond acceptors (Lipinski definition) is 6. The van der Waals surface area contributed by atoms with Gasteiger partial charge in [0.25, 0.3) is 0 Å². The van der Waals surface area contributed by atoms with Crippen LogP contribution < -0.4 is 4.72 Å². The minimum absolute atomic E-state index is 0.190. The van der Waals surface area contributed by atoms with E-state index in [0.29, 0.717) is 22.5 Å². The van der Waals surface area contributed by atoms with Crippen molar-refractivity contribution in [2.45, 2.75) is 55.9 Å². The largest absolute Gasteiger partial charge is 0.339 e. The first-order valence-corrected chi connectivity index (χ1v) is 11.9. The average molecular weight is 416 g/mol. The topological polar surface area (TPSA) is 85.1 Å². The molecule has 0 spiro atoms. The molecule has 2 aliphatic carbocycles. The minimum atomic E-state index is -3.64. The SMILES string of the molecule is Cc1sc(-c2noc(C3CC3)n2)cc1S(=O)(=O)N[C@@H]1CCCc2ccccc21. The van der Waals surface area contributed by atoms with Gasteiger partial charge in [0.05, 0.1) is 9.77 Å². The molecule has 1 fully saturated rings. The molecule has 1 aromatic carbocycles. The number of hydrogen-bond donors (Lipinski definition) is 1. The van der Waals surface area contributed by atoms with E-state index < -0.39 is 10.0 Å². The summed E-state index contributed by atoms with van der Waals surface area (Å²) in [6.45, 7) is 1.82. The van der Waals surface area contributed by atoms with Gasteiger partial charge in [0, 0.05) is 16.8 Å². The number of fused-ring (bicyclic) bond motifs is 1. The van der Waals surface area contributed by atoms with E-state index in [2.05, 4.69) is 20.9 Å². The lowest BCUT2D eigenvalue weighted by molar-refractivity contribution is 0.380. The molecule has 0 amide bonds. The maximum Gasteiger partial charge on any atom is 0.242 e. The highest BCUT2D eigenvalue weighted by molar-refractivity contribution is 7.89.